The third-order valence-electron chi connectivity index (χ3n) is 3.48. The number of rotatable bonds is 7. The maximum absolute atomic E-state index is 12.5. The first-order valence-electron chi connectivity index (χ1n) is 7.72. The Morgan fingerprint density at radius 2 is 1.91 bits per heavy atom. The molecule has 0 radical (unpaired) electrons. The molecule has 0 aliphatic rings. The molecule has 0 aliphatic carbocycles. The molecule has 2 aromatic rings. The van der Waals surface area contributed by atoms with Crippen molar-refractivity contribution in [1.29, 1.82) is 0 Å². The summed E-state index contributed by atoms with van der Waals surface area (Å²) < 4.78 is 27.4. The lowest BCUT2D eigenvalue weighted by molar-refractivity contribution is 0.600. The van der Waals surface area contributed by atoms with Gasteiger partial charge in [0.2, 0.25) is 0 Å². The van der Waals surface area contributed by atoms with E-state index in [2.05, 4.69) is 21.9 Å². The molecule has 2 rings (SSSR count). The van der Waals surface area contributed by atoms with E-state index in [0.29, 0.717) is 5.82 Å². The summed E-state index contributed by atoms with van der Waals surface area (Å²) in [5.74, 6) is 0.311. The van der Waals surface area contributed by atoms with Crippen LogP contribution in [0.25, 0.3) is 0 Å². The average molecular weight is 333 g/mol. The smallest absolute Gasteiger partial charge is 0.263 e. The Bertz CT molecular complexity index is 756. The van der Waals surface area contributed by atoms with Crippen LogP contribution in [-0.4, -0.2) is 19.9 Å². The fourth-order valence-electron chi connectivity index (χ4n) is 2.26. The summed E-state index contributed by atoms with van der Waals surface area (Å²) >= 11 is 0. The molecular formula is C17H23N3O2S. The average Bonchev–Trinajstić information content (AvgIpc) is 2.48. The Labute approximate surface area is 138 Å². The summed E-state index contributed by atoms with van der Waals surface area (Å²) in [7, 11) is -3.63. The van der Waals surface area contributed by atoms with Gasteiger partial charge in [-0.1, -0.05) is 31.0 Å². The summed E-state index contributed by atoms with van der Waals surface area (Å²) in [4.78, 5) is 4.44. The molecule has 23 heavy (non-hydrogen) atoms. The molecule has 0 unspecified atom stereocenters. The van der Waals surface area contributed by atoms with E-state index in [1.807, 2.05) is 19.1 Å². The Morgan fingerprint density at radius 1 is 1.13 bits per heavy atom. The Kier molecular flexibility index (Phi) is 5.60. The summed E-state index contributed by atoms with van der Waals surface area (Å²) in [5.41, 5.74) is 2.63. The summed E-state index contributed by atoms with van der Waals surface area (Å²) in [6, 6.07) is 8.74. The minimum Gasteiger partial charge on any atom is -0.384 e. The van der Waals surface area contributed by atoms with Crippen LogP contribution in [-0.2, 0) is 10.0 Å². The van der Waals surface area contributed by atoms with E-state index in [4.69, 9.17) is 0 Å². The summed E-state index contributed by atoms with van der Waals surface area (Å²) in [5, 5.41) is 3.24. The zero-order chi connectivity index (χ0) is 16.9. The van der Waals surface area contributed by atoms with Crippen LogP contribution in [0.2, 0.25) is 0 Å². The van der Waals surface area contributed by atoms with Gasteiger partial charge in [0.25, 0.3) is 10.0 Å². The van der Waals surface area contributed by atoms with Gasteiger partial charge in [-0.15, -0.1) is 0 Å². The molecule has 0 saturated carbocycles. The highest BCUT2D eigenvalue weighted by atomic mass is 32.2. The lowest BCUT2D eigenvalue weighted by Crippen LogP contribution is -2.15. The van der Waals surface area contributed by atoms with Crippen molar-refractivity contribution in [3.63, 3.8) is 0 Å². The number of benzene rings is 1. The van der Waals surface area contributed by atoms with Gasteiger partial charge in [0, 0.05) is 6.54 Å². The van der Waals surface area contributed by atoms with Crippen LogP contribution in [0.5, 0.6) is 0 Å². The number of pyridine rings is 1. The maximum atomic E-state index is 12.5. The van der Waals surface area contributed by atoms with E-state index in [0.717, 1.165) is 36.2 Å². The number of nitrogens with zero attached hydrogens (tertiary/aromatic N) is 1. The van der Waals surface area contributed by atoms with Crippen molar-refractivity contribution in [3.8, 4) is 0 Å². The molecular weight excluding hydrogens is 310 g/mol. The van der Waals surface area contributed by atoms with Gasteiger partial charge in [0.05, 0.1) is 16.8 Å². The van der Waals surface area contributed by atoms with Gasteiger partial charge in [-0.05, 0) is 44.0 Å². The van der Waals surface area contributed by atoms with Crippen molar-refractivity contribution in [2.75, 3.05) is 16.6 Å². The molecule has 124 valence electrons. The molecule has 5 nitrogen and oxygen atoms in total. The molecule has 1 aromatic heterocycles. The normalized spacial score (nSPS) is 11.3. The van der Waals surface area contributed by atoms with Crippen molar-refractivity contribution >= 4 is 21.5 Å². The highest BCUT2D eigenvalue weighted by Crippen LogP contribution is 2.20. The fourth-order valence-corrected chi connectivity index (χ4v) is 3.50. The number of hydrogen-bond acceptors (Lipinski definition) is 4. The number of sulfonamides is 1. The number of aryl methyl sites for hydroxylation is 2. The summed E-state index contributed by atoms with van der Waals surface area (Å²) in [6.07, 6.45) is 3.84. The molecule has 1 heterocycles. The largest absolute Gasteiger partial charge is 0.384 e. The zero-order valence-corrected chi connectivity index (χ0v) is 14.6. The number of anilines is 2. The van der Waals surface area contributed by atoms with Gasteiger partial charge >= 0.3 is 0 Å². The molecule has 0 aliphatic heterocycles. The number of hydrogen-bond donors (Lipinski definition) is 2. The molecule has 2 N–H and O–H groups in total. The maximum Gasteiger partial charge on any atom is 0.263 e. The molecule has 0 atom stereocenters. The summed E-state index contributed by atoms with van der Waals surface area (Å²) in [6.45, 7) is 6.73. The van der Waals surface area contributed by atoms with E-state index in [-0.39, 0.29) is 4.90 Å². The van der Waals surface area contributed by atoms with Gasteiger partial charge in [0.15, 0.2) is 0 Å². The highest BCUT2D eigenvalue weighted by molar-refractivity contribution is 7.92. The van der Waals surface area contributed by atoms with Crippen LogP contribution in [0.15, 0.2) is 41.4 Å². The van der Waals surface area contributed by atoms with E-state index in [9.17, 15) is 8.42 Å². The molecule has 0 bridgehead atoms. The first kappa shape index (κ1) is 17.3. The number of aromatic nitrogens is 1. The molecule has 1 aromatic carbocycles. The van der Waals surface area contributed by atoms with Gasteiger partial charge < -0.3 is 5.32 Å². The van der Waals surface area contributed by atoms with Gasteiger partial charge in [-0.2, -0.15) is 0 Å². The minimum atomic E-state index is -3.63. The molecule has 0 amide bonds. The second-order valence-corrected chi connectivity index (χ2v) is 7.24. The van der Waals surface area contributed by atoms with Crippen molar-refractivity contribution in [2.45, 2.75) is 38.5 Å². The van der Waals surface area contributed by atoms with E-state index in [1.165, 1.54) is 0 Å². The Balaban J connectivity index is 2.11. The minimum absolute atomic E-state index is 0.273. The van der Waals surface area contributed by atoms with E-state index in [1.54, 1.807) is 31.3 Å². The third-order valence-corrected chi connectivity index (χ3v) is 5.00. The lowest BCUT2D eigenvalue weighted by atomic mass is 10.2. The second kappa shape index (κ2) is 7.46. The van der Waals surface area contributed by atoms with Gasteiger partial charge in [0.1, 0.15) is 5.82 Å². The van der Waals surface area contributed by atoms with Crippen molar-refractivity contribution in [3.05, 3.63) is 47.7 Å². The van der Waals surface area contributed by atoms with Gasteiger partial charge in [-0.3, -0.25) is 4.72 Å². The number of nitrogens with one attached hydrogen (secondary N) is 2. The van der Waals surface area contributed by atoms with Crippen LogP contribution < -0.4 is 10.0 Å². The Hall–Kier alpha value is -2.08. The predicted octanol–water partition coefficient (Wildman–Crippen LogP) is 3.71. The topological polar surface area (TPSA) is 71.1 Å². The second-order valence-electron chi connectivity index (χ2n) is 5.59. The number of unbranched alkanes of at least 4 members (excludes halogenated alkanes) is 1. The molecule has 6 heteroatoms. The van der Waals surface area contributed by atoms with Crippen molar-refractivity contribution in [1.82, 2.24) is 4.98 Å². The fraction of sp³-hybridized carbons (Fsp3) is 0.353. The molecule has 0 fully saturated rings. The van der Waals surface area contributed by atoms with Crippen molar-refractivity contribution in [2.24, 2.45) is 0 Å². The van der Waals surface area contributed by atoms with Crippen LogP contribution in [0.4, 0.5) is 11.5 Å². The lowest BCUT2D eigenvalue weighted by Gasteiger charge is -2.11. The van der Waals surface area contributed by atoms with Gasteiger partial charge in [-0.25, -0.2) is 13.4 Å². The SMILES string of the molecule is CCCCNc1ccc(NS(=O)(=O)c2ccc(C)cc2C)nc1. The van der Waals surface area contributed by atoms with Crippen LogP contribution in [0.1, 0.15) is 30.9 Å². The standard InChI is InChI=1S/C17H23N3O2S/c1-4-5-10-18-15-7-9-17(19-12-15)20-23(21,22)16-8-6-13(2)11-14(16)3/h6-9,11-12,18H,4-5,10H2,1-3H3,(H,19,20). The van der Waals surface area contributed by atoms with Crippen LogP contribution >= 0.6 is 0 Å². The molecule has 0 saturated heterocycles. The van der Waals surface area contributed by atoms with E-state index < -0.39 is 10.0 Å². The Morgan fingerprint density at radius 3 is 2.52 bits per heavy atom. The zero-order valence-electron chi connectivity index (χ0n) is 13.8. The third kappa shape index (κ3) is 4.69. The van der Waals surface area contributed by atoms with Crippen LogP contribution in [0.3, 0.4) is 0 Å². The first-order chi connectivity index (χ1) is 10.9. The van der Waals surface area contributed by atoms with Crippen LogP contribution in [0, 0.1) is 13.8 Å². The monoisotopic (exact) mass is 333 g/mol. The molecule has 0 spiro atoms. The highest BCUT2D eigenvalue weighted by Gasteiger charge is 2.17. The quantitative estimate of drug-likeness (QED) is 0.758. The first-order valence-corrected chi connectivity index (χ1v) is 9.20. The predicted molar refractivity (Wildman–Crippen MR) is 94.4 cm³/mol. The van der Waals surface area contributed by atoms with Crippen molar-refractivity contribution < 1.29 is 8.42 Å². The van der Waals surface area contributed by atoms with E-state index >= 15 is 0 Å².